The Kier molecular flexibility index (Phi) is 3.32. The second kappa shape index (κ2) is 4.54. The largest absolute Gasteiger partial charge is 0.462 e. The highest BCUT2D eigenvalue weighted by Gasteiger charge is 2.35. The van der Waals surface area contributed by atoms with Gasteiger partial charge in [-0.15, -0.1) is 0 Å². The third-order valence-corrected chi connectivity index (χ3v) is 4.00. The third kappa shape index (κ3) is 2.53. The molecule has 0 N–H and O–H groups in total. The molecule has 0 bridgehead atoms. The van der Waals surface area contributed by atoms with Crippen LogP contribution < -0.4 is 0 Å². The molecular weight excluding hydrogens is 188 g/mol. The highest BCUT2D eigenvalue weighted by atomic mass is 16.5. The van der Waals surface area contributed by atoms with Gasteiger partial charge < -0.3 is 4.74 Å². The van der Waals surface area contributed by atoms with E-state index in [1.165, 1.54) is 25.7 Å². The number of carbonyl (C=O) groups is 1. The molecule has 0 aromatic rings. The molecule has 2 fully saturated rings. The van der Waals surface area contributed by atoms with Crippen molar-refractivity contribution in [3.8, 4) is 0 Å². The van der Waals surface area contributed by atoms with E-state index in [4.69, 9.17) is 4.74 Å². The predicted octanol–water partition coefficient (Wildman–Crippen LogP) is 3.15. The van der Waals surface area contributed by atoms with E-state index in [1.807, 2.05) is 13.8 Å². The summed E-state index contributed by atoms with van der Waals surface area (Å²) in [7, 11) is 0. The first kappa shape index (κ1) is 11.0. The number of hydrogen-bond donors (Lipinski definition) is 0. The fraction of sp³-hybridized carbons (Fsp3) is 0.923. The van der Waals surface area contributed by atoms with Crippen molar-refractivity contribution in [2.24, 2.45) is 17.8 Å². The molecule has 2 saturated carbocycles. The normalized spacial score (nSPS) is 35.3. The van der Waals surface area contributed by atoms with Crippen LogP contribution in [0.1, 0.15) is 52.4 Å². The minimum Gasteiger partial charge on any atom is -0.462 e. The van der Waals surface area contributed by atoms with Gasteiger partial charge in [0.2, 0.25) is 0 Å². The first-order valence-corrected chi connectivity index (χ1v) is 6.37. The van der Waals surface area contributed by atoms with Crippen LogP contribution in [0.2, 0.25) is 0 Å². The van der Waals surface area contributed by atoms with E-state index >= 15 is 0 Å². The number of hydrogen-bond acceptors (Lipinski definition) is 2. The van der Waals surface area contributed by atoms with E-state index in [0.29, 0.717) is 0 Å². The summed E-state index contributed by atoms with van der Waals surface area (Å²) in [5.41, 5.74) is 0. The maximum Gasteiger partial charge on any atom is 0.308 e. The Bertz CT molecular complexity index is 235. The zero-order valence-electron chi connectivity index (χ0n) is 9.87. The van der Waals surface area contributed by atoms with Gasteiger partial charge in [-0.25, -0.2) is 0 Å². The summed E-state index contributed by atoms with van der Waals surface area (Å²) >= 11 is 0. The van der Waals surface area contributed by atoms with Crippen LogP contribution in [-0.4, -0.2) is 12.1 Å². The summed E-state index contributed by atoms with van der Waals surface area (Å²) in [6.07, 6.45) is 7.89. The van der Waals surface area contributed by atoms with Crippen molar-refractivity contribution >= 4 is 5.97 Å². The molecule has 3 atom stereocenters. The molecule has 0 aromatic carbocycles. The van der Waals surface area contributed by atoms with Gasteiger partial charge in [0.15, 0.2) is 0 Å². The minimum atomic E-state index is -0.0172. The molecule has 0 heterocycles. The van der Waals surface area contributed by atoms with Crippen molar-refractivity contribution in [1.82, 2.24) is 0 Å². The second-order valence-electron chi connectivity index (χ2n) is 5.48. The zero-order chi connectivity index (χ0) is 10.8. The van der Waals surface area contributed by atoms with E-state index in [2.05, 4.69) is 0 Å². The lowest BCUT2D eigenvalue weighted by Crippen LogP contribution is -2.30. The van der Waals surface area contributed by atoms with Gasteiger partial charge in [-0.1, -0.05) is 33.1 Å². The third-order valence-electron chi connectivity index (χ3n) is 4.00. The Labute approximate surface area is 92.4 Å². The van der Waals surface area contributed by atoms with E-state index in [0.717, 1.165) is 24.7 Å². The van der Waals surface area contributed by atoms with Crippen molar-refractivity contribution in [2.45, 2.75) is 58.5 Å². The molecule has 0 aliphatic heterocycles. The van der Waals surface area contributed by atoms with E-state index in [-0.39, 0.29) is 18.0 Å². The molecule has 0 radical (unpaired) electrons. The Morgan fingerprint density at radius 2 is 1.87 bits per heavy atom. The fourth-order valence-corrected chi connectivity index (χ4v) is 3.07. The van der Waals surface area contributed by atoms with Crippen LogP contribution in [0.25, 0.3) is 0 Å². The maximum atomic E-state index is 11.5. The predicted molar refractivity (Wildman–Crippen MR) is 59.4 cm³/mol. The number of rotatable bonds is 2. The fourth-order valence-electron chi connectivity index (χ4n) is 3.07. The molecule has 86 valence electrons. The van der Waals surface area contributed by atoms with Crippen molar-refractivity contribution in [2.75, 3.05) is 0 Å². The summed E-state index contributed by atoms with van der Waals surface area (Å²) < 4.78 is 5.52. The molecule has 3 unspecified atom stereocenters. The quantitative estimate of drug-likeness (QED) is 0.654. The summed E-state index contributed by atoms with van der Waals surface area (Å²) in [6, 6.07) is 0. The van der Waals surface area contributed by atoms with E-state index < -0.39 is 0 Å². The standard InChI is InChI=1S/C13H22O2/c1-9(2)13(14)15-12-7-6-10-4-3-5-11(10)8-12/h9-12H,3-8H2,1-2H3. The van der Waals surface area contributed by atoms with Gasteiger partial charge in [0.05, 0.1) is 5.92 Å². The average molecular weight is 210 g/mol. The maximum absolute atomic E-state index is 11.5. The number of fused-ring (bicyclic) bond motifs is 1. The molecule has 0 spiro atoms. The Hall–Kier alpha value is -0.530. The first-order chi connectivity index (χ1) is 7.16. The lowest BCUT2D eigenvalue weighted by atomic mass is 9.80. The van der Waals surface area contributed by atoms with Crippen LogP contribution in [-0.2, 0) is 9.53 Å². The lowest BCUT2D eigenvalue weighted by molar-refractivity contribution is -0.155. The molecule has 0 amide bonds. The first-order valence-electron chi connectivity index (χ1n) is 6.37. The molecule has 2 aliphatic rings. The SMILES string of the molecule is CC(C)C(=O)OC1CCC2CCCC2C1. The molecule has 2 heteroatoms. The highest BCUT2D eigenvalue weighted by Crippen LogP contribution is 2.42. The van der Waals surface area contributed by atoms with Gasteiger partial charge in [-0.05, 0) is 31.1 Å². The van der Waals surface area contributed by atoms with Crippen LogP contribution in [0.5, 0.6) is 0 Å². The van der Waals surface area contributed by atoms with Gasteiger partial charge in [0, 0.05) is 0 Å². The van der Waals surface area contributed by atoms with E-state index in [1.54, 1.807) is 0 Å². The molecule has 0 aromatic heterocycles. The second-order valence-corrected chi connectivity index (χ2v) is 5.48. The van der Waals surface area contributed by atoms with Crippen LogP contribution in [0.15, 0.2) is 0 Å². The Morgan fingerprint density at radius 1 is 1.13 bits per heavy atom. The Balaban J connectivity index is 1.82. The van der Waals surface area contributed by atoms with Crippen LogP contribution in [0.3, 0.4) is 0 Å². The number of esters is 1. The minimum absolute atomic E-state index is 0.0172. The smallest absolute Gasteiger partial charge is 0.308 e. The number of carbonyl (C=O) groups excluding carboxylic acids is 1. The van der Waals surface area contributed by atoms with Gasteiger partial charge in [0.25, 0.3) is 0 Å². The van der Waals surface area contributed by atoms with Gasteiger partial charge in [-0.2, -0.15) is 0 Å². The van der Waals surface area contributed by atoms with Crippen LogP contribution >= 0.6 is 0 Å². The number of ether oxygens (including phenoxy) is 1. The summed E-state index contributed by atoms with van der Waals surface area (Å²) in [4.78, 5) is 11.5. The van der Waals surface area contributed by atoms with Crippen molar-refractivity contribution in [3.63, 3.8) is 0 Å². The Morgan fingerprint density at radius 3 is 2.60 bits per heavy atom. The molecule has 2 aliphatic carbocycles. The van der Waals surface area contributed by atoms with Crippen molar-refractivity contribution < 1.29 is 9.53 Å². The molecular formula is C13H22O2. The van der Waals surface area contributed by atoms with Gasteiger partial charge in [-0.3, -0.25) is 4.79 Å². The topological polar surface area (TPSA) is 26.3 Å². The zero-order valence-corrected chi connectivity index (χ0v) is 9.87. The summed E-state index contributed by atoms with van der Waals surface area (Å²) in [6.45, 7) is 3.81. The van der Waals surface area contributed by atoms with Gasteiger partial charge >= 0.3 is 5.97 Å². The highest BCUT2D eigenvalue weighted by molar-refractivity contribution is 5.71. The van der Waals surface area contributed by atoms with Crippen LogP contribution in [0, 0.1) is 17.8 Å². The lowest BCUT2D eigenvalue weighted by Gasteiger charge is -2.31. The van der Waals surface area contributed by atoms with Crippen molar-refractivity contribution in [3.05, 3.63) is 0 Å². The summed E-state index contributed by atoms with van der Waals surface area (Å²) in [5.74, 6) is 1.80. The molecule has 2 rings (SSSR count). The van der Waals surface area contributed by atoms with E-state index in [9.17, 15) is 4.79 Å². The van der Waals surface area contributed by atoms with Gasteiger partial charge in [0.1, 0.15) is 6.10 Å². The average Bonchev–Trinajstić information content (AvgIpc) is 2.64. The summed E-state index contributed by atoms with van der Waals surface area (Å²) in [5, 5.41) is 0. The molecule has 2 nitrogen and oxygen atoms in total. The van der Waals surface area contributed by atoms with Crippen LogP contribution in [0.4, 0.5) is 0 Å². The molecule has 15 heavy (non-hydrogen) atoms. The molecule has 0 saturated heterocycles. The monoisotopic (exact) mass is 210 g/mol. The van der Waals surface area contributed by atoms with Crippen molar-refractivity contribution in [1.29, 1.82) is 0 Å².